The number of hydrogen-bond acceptors (Lipinski definition) is 4. The second-order valence-electron chi connectivity index (χ2n) is 3.86. The molecule has 0 aromatic carbocycles. The molecule has 5 nitrogen and oxygen atoms in total. The number of nitrogens with one attached hydrogen (secondary N) is 1. The van der Waals surface area contributed by atoms with Crippen molar-refractivity contribution in [3.8, 4) is 0 Å². The lowest BCUT2D eigenvalue weighted by molar-refractivity contribution is -0.0990. The van der Waals surface area contributed by atoms with Gasteiger partial charge in [0.05, 0.1) is 0 Å². The van der Waals surface area contributed by atoms with Gasteiger partial charge in [0.1, 0.15) is 0 Å². The molecule has 15 heavy (non-hydrogen) atoms. The van der Waals surface area contributed by atoms with Crippen molar-refractivity contribution in [2.75, 3.05) is 0 Å². The molecule has 1 saturated heterocycles. The molecule has 0 saturated carbocycles. The zero-order chi connectivity index (χ0) is 11.1. The smallest absolute Gasteiger partial charge is 0.410 e. The predicted octanol–water partition coefficient (Wildman–Crippen LogP) is 0.745. The van der Waals surface area contributed by atoms with Crippen LogP contribution in [0.1, 0.15) is 19.4 Å². The first-order valence-corrected chi connectivity index (χ1v) is 4.60. The molecule has 5 heteroatoms. The monoisotopic (exact) mass is 208 g/mol. The van der Waals surface area contributed by atoms with Crippen LogP contribution in [0.2, 0.25) is 0 Å². The van der Waals surface area contributed by atoms with Crippen LogP contribution < -0.4 is 5.32 Å². The van der Waals surface area contributed by atoms with E-state index in [0.29, 0.717) is 5.56 Å². The first-order valence-electron chi connectivity index (χ1n) is 4.60. The van der Waals surface area contributed by atoms with E-state index in [2.05, 4.69) is 10.3 Å². The molecule has 0 unspecified atom stereocenters. The SMILES string of the molecule is C[C@]1(O)NC(=O)O[C@]1(C)c1cccnc1. The molecule has 0 radical (unpaired) electrons. The van der Waals surface area contributed by atoms with E-state index in [1.807, 2.05) is 0 Å². The summed E-state index contributed by atoms with van der Waals surface area (Å²) in [5.74, 6) is 0. The summed E-state index contributed by atoms with van der Waals surface area (Å²) >= 11 is 0. The summed E-state index contributed by atoms with van der Waals surface area (Å²) in [7, 11) is 0. The van der Waals surface area contributed by atoms with Gasteiger partial charge >= 0.3 is 6.09 Å². The molecule has 2 heterocycles. The van der Waals surface area contributed by atoms with Gasteiger partial charge in [0.25, 0.3) is 0 Å². The number of amides is 1. The Kier molecular flexibility index (Phi) is 1.94. The Morgan fingerprint density at radius 3 is 2.73 bits per heavy atom. The summed E-state index contributed by atoms with van der Waals surface area (Å²) in [6.07, 6.45) is 2.55. The minimum Gasteiger partial charge on any atom is -0.433 e. The van der Waals surface area contributed by atoms with E-state index in [9.17, 15) is 9.90 Å². The summed E-state index contributed by atoms with van der Waals surface area (Å²) < 4.78 is 5.11. The van der Waals surface area contributed by atoms with Crippen molar-refractivity contribution in [3.05, 3.63) is 30.1 Å². The molecule has 1 aliphatic rings. The van der Waals surface area contributed by atoms with E-state index in [-0.39, 0.29) is 0 Å². The van der Waals surface area contributed by atoms with Gasteiger partial charge in [0.2, 0.25) is 0 Å². The molecule has 0 aliphatic carbocycles. The van der Waals surface area contributed by atoms with Gasteiger partial charge in [-0.25, -0.2) is 4.79 Å². The lowest BCUT2D eigenvalue weighted by Gasteiger charge is -2.32. The third-order valence-corrected chi connectivity index (χ3v) is 2.78. The molecule has 0 spiro atoms. The summed E-state index contributed by atoms with van der Waals surface area (Å²) in [6, 6.07) is 3.48. The van der Waals surface area contributed by atoms with Gasteiger partial charge in [-0.15, -0.1) is 0 Å². The fourth-order valence-electron chi connectivity index (χ4n) is 1.61. The average molecular weight is 208 g/mol. The number of nitrogens with zero attached hydrogens (tertiary/aromatic N) is 1. The average Bonchev–Trinajstić information content (AvgIpc) is 2.38. The van der Waals surface area contributed by atoms with Crippen LogP contribution in [0.15, 0.2) is 24.5 Å². The van der Waals surface area contributed by atoms with Crippen molar-refractivity contribution >= 4 is 6.09 Å². The van der Waals surface area contributed by atoms with Gasteiger partial charge in [-0.05, 0) is 19.9 Å². The van der Waals surface area contributed by atoms with Crippen LogP contribution in [0.3, 0.4) is 0 Å². The molecule has 1 aliphatic heterocycles. The molecular weight excluding hydrogens is 196 g/mol. The molecule has 1 amide bonds. The lowest BCUT2D eigenvalue weighted by atomic mass is 9.88. The quantitative estimate of drug-likeness (QED) is 0.714. The molecule has 1 aromatic rings. The molecule has 80 valence electrons. The highest BCUT2D eigenvalue weighted by molar-refractivity contribution is 5.72. The number of rotatable bonds is 1. The number of alkyl carbamates (subject to hydrolysis) is 1. The lowest BCUT2D eigenvalue weighted by Crippen LogP contribution is -2.51. The topological polar surface area (TPSA) is 71.5 Å². The van der Waals surface area contributed by atoms with Gasteiger partial charge in [-0.2, -0.15) is 0 Å². The van der Waals surface area contributed by atoms with Crippen molar-refractivity contribution in [2.45, 2.75) is 25.2 Å². The summed E-state index contributed by atoms with van der Waals surface area (Å²) in [5, 5.41) is 12.4. The van der Waals surface area contributed by atoms with E-state index in [4.69, 9.17) is 4.74 Å². The van der Waals surface area contributed by atoms with Crippen molar-refractivity contribution in [3.63, 3.8) is 0 Å². The second-order valence-corrected chi connectivity index (χ2v) is 3.86. The van der Waals surface area contributed by atoms with Crippen LogP contribution in [0.5, 0.6) is 0 Å². The molecule has 2 atom stereocenters. The maximum atomic E-state index is 11.1. The Labute approximate surface area is 87.1 Å². The van der Waals surface area contributed by atoms with E-state index in [0.717, 1.165) is 0 Å². The molecule has 1 fully saturated rings. The fourth-order valence-corrected chi connectivity index (χ4v) is 1.61. The van der Waals surface area contributed by atoms with Gasteiger partial charge in [-0.3, -0.25) is 10.3 Å². The Hall–Kier alpha value is -1.62. The Morgan fingerprint density at radius 1 is 1.53 bits per heavy atom. The van der Waals surface area contributed by atoms with Crippen LogP contribution in [0.25, 0.3) is 0 Å². The Balaban J connectivity index is 2.47. The van der Waals surface area contributed by atoms with Crippen molar-refractivity contribution in [2.24, 2.45) is 0 Å². The number of aromatic nitrogens is 1. The fraction of sp³-hybridized carbons (Fsp3) is 0.400. The number of ether oxygens (including phenoxy) is 1. The van der Waals surface area contributed by atoms with Crippen LogP contribution in [-0.4, -0.2) is 21.9 Å². The molecule has 1 aromatic heterocycles. The summed E-state index contributed by atoms with van der Waals surface area (Å²) in [6.45, 7) is 3.13. The highest BCUT2D eigenvalue weighted by Crippen LogP contribution is 2.38. The largest absolute Gasteiger partial charge is 0.433 e. The zero-order valence-corrected chi connectivity index (χ0v) is 8.52. The predicted molar refractivity (Wildman–Crippen MR) is 51.8 cm³/mol. The number of carbonyl (C=O) groups excluding carboxylic acids is 1. The number of pyridine rings is 1. The standard InChI is InChI=1S/C10H12N2O3/c1-9(7-4-3-5-11-6-7)10(2,14)12-8(13)15-9/h3-6,14H,1-2H3,(H,12,13)/t9-,10-/m1/s1. The maximum absolute atomic E-state index is 11.1. The molecule has 0 bridgehead atoms. The zero-order valence-electron chi connectivity index (χ0n) is 8.52. The highest BCUT2D eigenvalue weighted by Gasteiger charge is 2.55. The Bertz CT molecular complexity index is 391. The third-order valence-electron chi connectivity index (χ3n) is 2.78. The van der Waals surface area contributed by atoms with E-state index >= 15 is 0 Å². The van der Waals surface area contributed by atoms with Crippen LogP contribution in [0.4, 0.5) is 4.79 Å². The number of hydrogen-bond donors (Lipinski definition) is 2. The van der Waals surface area contributed by atoms with Crippen LogP contribution >= 0.6 is 0 Å². The number of cyclic esters (lactones) is 1. The maximum Gasteiger partial charge on any atom is 0.410 e. The second kappa shape index (κ2) is 2.93. The van der Waals surface area contributed by atoms with E-state index in [1.165, 1.54) is 6.92 Å². The van der Waals surface area contributed by atoms with Crippen LogP contribution in [0, 0.1) is 0 Å². The van der Waals surface area contributed by atoms with Gasteiger partial charge in [0, 0.05) is 18.0 Å². The van der Waals surface area contributed by atoms with Gasteiger partial charge < -0.3 is 9.84 Å². The number of carbonyl (C=O) groups is 1. The third kappa shape index (κ3) is 1.35. The van der Waals surface area contributed by atoms with Crippen molar-refractivity contribution in [1.82, 2.24) is 10.3 Å². The van der Waals surface area contributed by atoms with Crippen LogP contribution in [-0.2, 0) is 10.3 Å². The van der Waals surface area contributed by atoms with E-state index in [1.54, 1.807) is 31.5 Å². The summed E-state index contributed by atoms with van der Waals surface area (Å²) in [5.41, 5.74) is -1.90. The minimum atomic E-state index is -1.44. The van der Waals surface area contributed by atoms with Gasteiger partial charge in [0.15, 0.2) is 11.3 Å². The first kappa shape index (κ1) is 9.92. The molecule has 2 N–H and O–H groups in total. The van der Waals surface area contributed by atoms with Gasteiger partial charge in [-0.1, -0.05) is 6.07 Å². The highest BCUT2D eigenvalue weighted by atomic mass is 16.6. The van der Waals surface area contributed by atoms with Crippen molar-refractivity contribution < 1.29 is 14.6 Å². The summed E-state index contributed by atoms with van der Waals surface area (Å²) in [4.78, 5) is 15.1. The Morgan fingerprint density at radius 2 is 2.27 bits per heavy atom. The minimum absolute atomic E-state index is 0.633. The van der Waals surface area contributed by atoms with Crippen molar-refractivity contribution in [1.29, 1.82) is 0 Å². The van der Waals surface area contributed by atoms with E-state index < -0.39 is 17.4 Å². The first-order chi connectivity index (χ1) is 6.96. The normalized spacial score (nSPS) is 34.7. The molecule has 2 rings (SSSR count). The number of aliphatic hydroxyl groups is 1. The molecular formula is C10H12N2O3.